The minimum atomic E-state index is 0. The summed E-state index contributed by atoms with van der Waals surface area (Å²) in [6.07, 6.45) is 1.43. The minimum Gasteiger partial charge on any atom is -0.352 e. The quantitative estimate of drug-likeness (QED) is 0.890. The molecule has 1 aliphatic rings. The summed E-state index contributed by atoms with van der Waals surface area (Å²) in [6.45, 7) is 4.04. The van der Waals surface area contributed by atoms with E-state index < -0.39 is 0 Å². The van der Waals surface area contributed by atoms with E-state index in [1.54, 1.807) is 12.1 Å². The Morgan fingerprint density at radius 1 is 1.40 bits per heavy atom. The number of piperidine rings is 1. The maximum absolute atomic E-state index is 12.0. The molecule has 0 aliphatic carbocycles. The predicted molar refractivity (Wildman–Crippen MR) is 86.0 cm³/mol. The fraction of sp³-hybridized carbons (Fsp3) is 0.500. The molecule has 3 nitrogen and oxygen atoms in total. The van der Waals surface area contributed by atoms with Gasteiger partial charge in [0.25, 0.3) is 0 Å². The van der Waals surface area contributed by atoms with E-state index in [2.05, 4.69) is 17.6 Å². The molecule has 1 heterocycles. The molecule has 112 valence electrons. The standard InChI is InChI=1S/C14H18Cl2N2O.ClH/c1-9-4-5-17-8-13(9)18-14(19)7-10-2-3-11(15)12(16)6-10;/h2-3,6,9,13,17H,4-5,7-8H2,1H3,(H,18,19);1H. The first-order valence-electron chi connectivity index (χ1n) is 6.50. The van der Waals surface area contributed by atoms with Crippen LogP contribution in [0.2, 0.25) is 10.0 Å². The molecule has 2 atom stereocenters. The molecule has 1 saturated heterocycles. The van der Waals surface area contributed by atoms with Crippen LogP contribution in [0.4, 0.5) is 0 Å². The maximum atomic E-state index is 12.0. The van der Waals surface area contributed by atoms with Gasteiger partial charge in [0, 0.05) is 12.6 Å². The van der Waals surface area contributed by atoms with E-state index in [1.807, 2.05) is 6.07 Å². The molecule has 0 radical (unpaired) electrons. The first-order valence-corrected chi connectivity index (χ1v) is 7.26. The largest absolute Gasteiger partial charge is 0.352 e. The highest BCUT2D eigenvalue weighted by Crippen LogP contribution is 2.22. The molecule has 0 aromatic heterocycles. The lowest BCUT2D eigenvalue weighted by atomic mass is 9.94. The summed E-state index contributed by atoms with van der Waals surface area (Å²) in [6, 6.07) is 5.50. The van der Waals surface area contributed by atoms with Gasteiger partial charge < -0.3 is 10.6 Å². The zero-order valence-corrected chi connectivity index (χ0v) is 13.6. The van der Waals surface area contributed by atoms with Crippen molar-refractivity contribution >= 4 is 41.5 Å². The summed E-state index contributed by atoms with van der Waals surface area (Å²) in [5, 5.41) is 7.37. The van der Waals surface area contributed by atoms with Gasteiger partial charge in [0.1, 0.15) is 0 Å². The van der Waals surface area contributed by atoms with Crippen molar-refractivity contribution in [3.8, 4) is 0 Å². The van der Waals surface area contributed by atoms with Gasteiger partial charge in [-0.3, -0.25) is 4.79 Å². The first-order chi connectivity index (χ1) is 9.06. The van der Waals surface area contributed by atoms with Crippen LogP contribution >= 0.6 is 35.6 Å². The Morgan fingerprint density at radius 2 is 2.15 bits per heavy atom. The average molecular weight is 338 g/mol. The number of halogens is 3. The van der Waals surface area contributed by atoms with Crippen molar-refractivity contribution in [2.45, 2.75) is 25.8 Å². The van der Waals surface area contributed by atoms with Crippen molar-refractivity contribution in [3.63, 3.8) is 0 Å². The Morgan fingerprint density at radius 3 is 2.80 bits per heavy atom. The molecule has 1 fully saturated rings. The van der Waals surface area contributed by atoms with E-state index in [9.17, 15) is 4.79 Å². The van der Waals surface area contributed by atoms with Gasteiger partial charge in [-0.15, -0.1) is 12.4 Å². The molecule has 2 N–H and O–H groups in total. The van der Waals surface area contributed by atoms with Gasteiger partial charge in [0.15, 0.2) is 0 Å². The summed E-state index contributed by atoms with van der Waals surface area (Å²) >= 11 is 11.8. The molecule has 0 saturated carbocycles. The Hall–Kier alpha value is -0.480. The van der Waals surface area contributed by atoms with Gasteiger partial charge in [0.2, 0.25) is 5.91 Å². The number of benzene rings is 1. The molecule has 2 unspecified atom stereocenters. The molecule has 6 heteroatoms. The van der Waals surface area contributed by atoms with Gasteiger partial charge in [-0.05, 0) is 36.6 Å². The first kappa shape index (κ1) is 17.6. The van der Waals surface area contributed by atoms with Crippen molar-refractivity contribution in [2.75, 3.05) is 13.1 Å². The van der Waals surface area contributed by atoms with Crippen LogP contribution in [0.5, 0.6) is 0 Å². The van der Waals surface area contributed by atoms with E-state index in [4.69, 9.17) is 23.2 Å². The van der Waals surface area contributed by atoms with Crippen LogP contribution in [-0.2, 0) is 11.2 Å². The van der Waals surface area contributed by atoms with Gasteiger partial charge in [0.05, 0.1) is 16.5 Å². The second kappa shape index (κ2) is 8.08. The number of nitrogens with one attached hydrogen (secondary N) is 2. The number of hydrogen-bond acceptors (Lipinski definition) is 2. The third-order valence-corrected chi connectivity index (χ3v) is 4.26. The minimum absolute atomic E-state index is 0. The molecule has 0 bridgehead atoms. The summed E-state index contributed by atoms with van der Waals surface area (Å²) in [4.78, 5) is 12.0. The van der Waals surface area contributed by atoms with Crippen LogP contribution in [0.3, 0.4) is 0 Å². The third-order valence-electron chi connectivity index (χ3n) is 3.52. The van der Waals surface area contributed by atoms with Crippen molar-refractivity contribution in [2.24, 2.45) is 5.92 Å². The van der Waals surface area contributed by atoms with E-state index in [0.29, 0.717) is 22.4 Å². The fourth-order valence-corrected chi connectivity index (χ4v) is 2.60. The Labute approximate surface area is 135 Å². The Balaban J connectivity index is 0.00000200. The lowest BCUT2D eigenvalue weighted by Gasteiger charge is -2.30. The summed E-state index contributed by atoms with van der Waals surface area (Å²) in [7, 11) is 0. The number of carbonyl (C=O) groups excluding carboxylic acids is 1. The van der Waals surface area contributed by atoms with Crippen LogP contribution in [0.15, 0.2) is 18.2 Å². The molecule has 1 aromatic rings. The fourth-order valence-electron chi connectivity index (χ4n) is 2.28. The number of carbonyl (C=O) groups is 1. The average Bonchev–Trinajstić information content (AvgIpc) is 2.37. The van der Waals surface area contributed by atoms with Crippen LogP contribution in [-0.4, -0.2) is 25.0 Å². The second-order valence-electron chi connectivity index (χ2n) is 5.07. The van der Waals surface area contributed by atoms with Crippen molar-refractivity contribution in [3.05, 3.63) is 33.8 Å². The summed E-state index contributed by atoms with van der Waals surface area (Å²) in [5.41, 5.74) is 0.878. The zero-order chi connectivity index (χ0) is 13.8. The lowest BCUT2D eigenvalue weighted by Crippen LogP contribution is -2.50. The highest BCUT2D eigenvalue weighted by molar-refractivity contribution is 6.42. The highest BCUT2D eigenvalue weighted by atomic mass is 35.5. The summed E-state index contributed by atoms with van der Waals surface area (Å²) < 4.78 is 0. The molecule has 1 aliphatic heterocycles. The molecule has 1 amide bonds. The zero-order valence-electron chi connectivity index (χ0n) is 11.3. The van der Waals surface area contributed by atoms with Crippen LogP contribution in [0, 0.1) is 5.92 Å². The van der Waals surface area contributed by atoms with Crippen molar-refractivity contribution in [1.29, 1.82) is 0 Å². The number of hydrogen-bond donors (Lipinski definition) is 2. The molecule has 20 heavy (non-hydrogen) atoms. The SMILES string of the molecule is CC1CCNCC1NC(=O)Cc1ccc(Cl)c(Cl)c1.Cl. The Kier molecular flexibility index (Phi) is 7.10. The predicted octanol–water partition coefficient (Wildman–Crippen LogP) is 3.07. The maximum Gasteiger partial charge on any atom is 0.224 e. The van der Waals surface area contributed by atoms with Gasteiger partial charge in [-0.1, -0.05) is 36.2 Å². The third kappa shape index (κ3) is 4.81. The highest BCUT2D eigenvalue weighted by Gasteiger charge is 2.22. The van der Waals surface area contributed by atoms with E-state index in [1.165, 1.54) is 0 Å². The molecular weight excluding hydrogens is 319 g/mol. The Bertz CT molecular complexity index is 468. The number of amides is 1. The van der Waals surface area contributed by atoms with Crippen LogP contribution in [0.25, 0.3) is 0 Å². The van der Waals surface area contributed by atoms with Gasteiger partial charge in [-0.2, -0.15) is 0 Å². The van der Waals surface area contributed by atoms with Crippen LogP contribution < -0.4 is 10.6 Å². The van der Waals surface area contributed by atoms with E-state index in [0.717, 1.165) is 25.1 Å². The lowest BCUT2D eigenvalue weighted by molar-refractivity contribution is -0.121. The normalized spacial score (nSPS) is 21.9. The topological polar surface area (TPSA) is 41.1 Å². The number of rotatable bonds is 3. The van der Waals surface area contributed by atoms with Crippen LogP contribution in [0.1, 0.15) is 18.9 Å². The van der Waals surface area contributed by atoms with E-state index in [-0.39, 0.29) is 24.4 Å². The summed E-state index contributed by atoms with van der Waals surface area (Å²) in [5.74, 6) is 0.540. The molecular formula is C14H19Cl3N2O. The van der Waals surface area contributed by atoms with Crippen molar-refractivity contribution in [1.82, 2.24) is 10.6 Å². The monoisotopic (exact) mass is 336 g/mol. The van der Waals surface area contributed by atoms with Gasteiger partial charge in [-0.25, -0.2) is 0 Å². The molecule has 1 aromatic carbocycles. The van der Waals surface area contributed by atoms with Crippen molar-refractivity contribution < 1.29 is 4.79 Å². The van der Waals surface area contributed by atoms with Gasteiger partial charge >= 0.3 is 0 Å². The molecule has 2 rings (SSSR count). The van der Waals surface area contributed by atoms with E-state index >= 15 is 0 Å². The molecule has 0 spiro atoms. The smallest absolute Gasteiger partial charge is 0.224 e. The second-order valence-corrected chi connectivity index (χ2v) is 5.88.